The normalized spacial score (nSPS) is 10.5. The lowest BCUT2D eigenvalue weighted by Crippen LogP contribution is -2.10. The van der Waals surface area contributed by atoms with Crippen molar-refractivity contribution in [2.45, 2.75) is 20.0 Å². The van der Waals surface area contributed by atoms with Gasteiger partial charge in [0.05, 0.1) is 12.2 Å². The number of nitrogens with two attached hydrogens (primary N) is 1. The largest absolute Gasteiger partial charge is 0.325 e. The Hall–Kier alpha value is -0.480. The summed E-state index contributed by atoms with van der Waals surface area (Å²) in [7, 11) is 0. The van der Waals surface area contributed by atoms with Crippen molar-refractivity contribution in [1.29, 1.82) is 0 Å². The van der Waals surface area contributed by atoms with Crippen molar-refractivity contribution in [1.82, 2.24) is 9.78 Å². The number of thioether (sulfide) groups is 1. The fourth-order valence-electron chi connectivity index (χ4n) is 1.03. The van der Waals surface area contributed by atoms with E-state index in [1.165, 1.54) is 5.75 Å². The Balaban J connectivity index is 2.39. The first kappa shape index (κ1) is 9.61. The SMILES string of the molecule is CCSCCn1nccc1CN. The van der Waals surface area contributed by atoms with Crippen LogP contribution in [0.1, 0.15) is 12.6 Å². The minimum Gasteiger partial charge on any atom is -0.325 e. The van der Waals surface area contributed by atoms with Crippen LogP contribution in [-0.2, 0) is 13.1 Å². The Labute approximate surface area is 77.3 Å². The van der Waals surface area contributed by atoms with Gasteiger partial charge in [-0.15, -0.1) is 0 Å². The van der Waals surface area contributed by atoms with Gasteiger partial charge < -0.3 is 5.73 Å². The van der Waals surface area contributed by atoms with E-state index >= 15 is 0 Å². The molecular formula is C8H15N3S. The second kappa shape index (κ2) is 5.22. The molecule has 0 bridgehead atoms. The van der Waals surface area contributed by atoms with Crippen LogP contribution in [0.4, 0.5) is 0 Å². The number of aromatic nitrogens is 2. The van der Waals surface area contributed by atoms with Crippen LogP contribution in [0.15, 0.2) is 12.3 Å². The van der Waals surface area contributed by atoms with Crippen LogP contribution in [0.5, 0.6) is 0 Å². The van der Waals surface area contributed by atoms with E-state index in [9.17, 15) is 0 Å². The predicted octanol–water partition coefficient (Wildman–Crippen LogP) is 1.09. The highest BCUT2D eigenvalue weighted by molar-refractivity contribution is 7.99. The maximum absolute atomic E-state index is 5.53. The highest BCUT2D eigenvalue weighted by Gasteiger charge is 1.98. The topological polar surface area (TPSA) is 43.8 Å². The van der Waals surface area contributed by atoms with Crippen LogP contribution in [0, 0.1) is 0 Å². The molecule has 0 aliphatic rings. The van der Waals surface area contributed by atoms with E-state index in [0.29, 0.717) is 6.54 Å². The minimum atomic E-state index is 0.580. The van der Waals surface area contributed by atoms with Gasteiger partial charge in [0.25, 0.3) is 0 Å². The summed E-state index contributed by atoms with van der Waals surface area (Å²) in [6.07, 6.45) is 1.80. The summed E-state index contributed by atoms with van der Waals surface area (Å²) in [5.41, 5.74) is 6.65. The zero-order chi connectivity index (χ0) is 8.81. The van der Waals surface area contributed by atoms with Crippen molar-refractivity contribution in [3.8, 4) is 0 Å². The van der Waals surface area contributed by atoms with Crippen molar-refractivity contribution >= 4 is 11.8 Å². The van der Waals surface area contributed by atoms with Crippen LogP contribution in [0.3, 0.4) is 0 Å². The summed E-state index contributed by atoms with van der Waals surface area (Å²) in [5, 5.41) is 4.18. The molecule has 0 radical (unpaired) electrons. The van der Waals surface area contributed by atoms with E-state index in [1.807, 2.05) is 22.5 Å². The van der Waals surface area contributed by atoms with E-state index < -0.39 is 0 Å². The van der Waals surface area contributed by atoms with Crippen LogP contribution in [0.25, 0.3) is 0 Å². The van der Waals surface area contributed by atoms with E-state index in [4.69, 9.17) is 5.73 Å². The Kier molecular flexibility index (Phi) is 4.18. The van der Waals surface area contributed by atoms with Gasteiger partial charge in [0.2, 0.25) is 0 Å². The highest BCUT2D eigenvalue weighted by Crippen LogP contribution is 2.02. The van der Waals surface area contributed by atoms with Crippen LogP contribution in [0.2, 0.25) is 0 Å². The molecule has 0 unspecified atom stereocenters. The summed E-state index contributed by atoms with van der Waals surface area (Å²) in [6.45, 7) is 3.71. The van der Waals surface area contributed by atoms with Gasteiger partial charge in [-0.05, 0) is 11.8 Å². The van der Waals surface area contributed by atoms with Crippen LogP contribution < -0.4 is 5.73 Å². The quantitative estimate of drug-likeness (QED) is 0.698. The maximum atomic E-state index is 5.53. The van der Waals surface area contributed by atoms with Crippen molar-refractivity contribution in [2.75, 3.05) is 11.5 Å². The predicted molar refractivity (Wildman–Crippen MR) is 53.1 cm³/mol. The molecule has 3 nitrogen and oxygen atoms in total. The van der Waals surface area contributed by atoms with E-state index in [1.54, 1.807) is 6.20 Å². The lowest BCUT2D eigenvalue weighted by molar-refractivity contribution is 0.628. The van der Waals surface area contributed by atoms with Gasteiger partial charge in [0.15, 0.2) is 0 Å². The van der Waals surface area contributed by atoms with Gasteiger partial charge in [-0.25, -0.2) is 0 Å². The van der Waals surface area contributed by atoms with Gasteiger partial charge >= 0.3 is 0 Å². The second-order valence-corrected chi connectivity index (χ2v) is 3.84. The van der Waals surface area contributed by atoms with Crippen molar-refractivity contribution in [3.63, 3.8) is 0 Å². The van der Waals surface area contributed by atoms with Gasteiger partial charge in [-0.3, -0.25) is 4.68 Å². The zero-order valence-corrected chi connectivity index (χ0v) is 8.18. The Morgan fingerprint density at radius 3 is 3.17 bits per heavy atom. The summed E-state index contributed by atoms with van der Waals surface area (Å²) < 4.78 is 1.97. The second-order valence-electron chi connectivity index (χ2n) is 2.45. The molecular weight excluding hydrogens is 170 g/mol. The molecule has 0 fully saturated rings. The average Bonchev–Trinajstić information content (AvgIpc) is 2.52. The van der Waals surface area contributed by atoms with Crippen LogP contribution in [-0.4, -0.2) is 21.3 Å². The smallest absolute Gasteiger partial charge is 0.0520 e. The van der Waals surface area contributed by atoms with E-state index in [-0.39, 0.29) is 0 Å². The fraction of sp³-hybridized carbons (Fsp3) is 0.625. The molecule has 0 aliphatic carbocycles. The molecule has 2 N–H and O–H groups in total. The number of aryl methyl sites for hydroxylation is 1. The molecule has 0 aromatic carbocycles. The Morgan fingerprint density at radius 2 is 2.50 bits per heavy atom. The summed E-state index contributed by atoms with van der Waals surface area (Å²) in [6, 6.07) is 1.97. The lowest BCUT2D eigenvalue weighted by atomic mass is 10.4. The first-order chi connectivity index (χ1) is 5.88. The summed E-state index contributed by atoms with van der Waals surface area (Å²) >= 11 is 1.92. The molecule has 1 heterocycles. The monoisotopic (exact) mass is 185 g/mol. The molecule has 0 saturated heterocycles. The number of hydrogen-bond donors (Lipinski definition) is 1. The number of rotatable bonds is 5. The fourth-order valence-corrected chi connectivity index (χ4v) is 1.62. The van der Waals surface area contributed by atoms with E-state index in [0.717, 1.165) is 18.0 Å². The lowest BCUT2D eigenvalue weighted by Gasteiger charge is -2.04. The maximum Gasteiger partial charge on any atom is 0.0520 e. The van der Waals surface area contributed by atoms with Gasteiger partial charge in [-0.2, -0.15) is 16.9 Å². The molecule has 0 spiro atoms. The third-order valence-corrected chi connectivity index (χ3v) is 2.54. The molecule has 4 heteroatoms. The molecule has 1 aromatic rings. The van der Waals surface area contributed by atoms with Crippen molar-refractivity contribution in [2.24, 2.45) is 5.73 Å². The molecule has 0 amide bonds. The first-order valence-electron chi connectivity index (χ1n) is 4.17. The molecule has 1 rings (SSSR count). The Bertz CT molecular complexity index is 222. The molecule has 1 aromatic heterocycles. The van der Waals surface area contributed by atoms with Gasteiger partial charge in [-0.1, -0.05) is 6.92 Å². The first-order valence-corrected chi connectivity index (χ1v) is 5.32. The third kappa shape index (κ3) is 2.53. The molecule has 0 aliphatic heterocycles. The average molecular weight is 185 g/mol. The standard InChI is InChI=1S/C8H15N3S/c1-2-12-6-5-11-8(7-9)3-4-10-11/h3-4H,2,5-7,9H2,1H3. The van der Waals surface area contributed by atoms with Crippen LogP contribution >= 0.6 is 11.8 Å². The molecule has 68 valence electrons. The van der Waals surface area contributed by atoms with Crippen molar-refractivity contribution < 1.29 is 0 Å². The van der Waals surface area contributed by atoms with Gasteiger partial charge in [0.1, 0.15) is 0 Å². The molecule has 0 saturated carbocycles. The highest BCUT2D eigenvalue weighted by atomic mass is 32.2. The number of hydrogen-bond acceptors (Lipinski definition) is 3. The number of nitrogens with zero attached hydrogens (tertiary/aromatic N) is 2. The van der Waals surface area contributed by atoms with Crippen molar-refractivity contribution in [3.05, 3.63) is 18.0 Å². The van der Waals surface area contributed by atoms with Gasteiger partial charge in [0, 0.05) is 18.5 Å². The zero-order valence-electron chi connectivity index (χ0n) is 7.36. The third-order valence-electron chi connectivity index (χ3n) is 1.67. The molecule has 12 heavy (non-hydrogen) atoms. The minimum absolute atomic E-state index is 0.580. The molecule has 0 atom stereocenters. The summed E-state index contributed by atoms with van der Waals surface area (Å²) in [5.74, 6) is 2.28. The summed E-state index contributed by atoms with van der Waals surface area (Å²) in [4.78, 5) is 0. The van der Waals surface area contributed by atoms with E-state index in [2.05, 4.69) is 12.0 Å². The Morgan fingerprint density at radius 1 is 1.67 bits per heavy atom.